The third-order valence-corrected chi connectivity index (χ3v) is 5.05. The highest BCUT2D eigenvalue weighted by Gasteiger charge is 2.25. The van der Waals surface area contributed by atoms with Gasteiger partial charge in [-0.25, -0.2) is 8.42 Å². The third-order valence-electron chi connectivity index (χ3n) is 2.95. The summed E-state index contributed by atoms with van der Waals surface area (Å²) in [6.07, 6.45) is 2.55. The molecular weight excluding hydrogens is 312 g/mol. The Kier molecular flexibility index (Phi) is 4.79. The van der Waals surface area contributed by atoms with Crippen LogP contribution in [0.3, 0.4) is 0 Å². The summed E-state index contributed by atoms with van der Waals surface area (Å²) in [5.41, 5.74) is 3.32. The molecular formula is C13H15ClN4O2S. The van der Waals surface area contributed by atoms with Gasteiger partial charge in [0.15, 0.2) is 0 Å². The Hall–Kier alpha value is -1.67. The number of pyridine rings is 1. The van der Waals surface area contributed by atoms with Gasteiger partial charge in [0.1, 0.15) is 4.90 Å². The number of hydrazine groups is 1. The van der Waals surface area contributed by atoms with Crippen LogP contribution >= 0.6 is 11.6 Å². The number of anilines is 1. The Morgan fingerprint density at radius 2 is 1.95 bits per heavy atom. The number of nitrogens with one attached hydrogen (secondary N) is 1. The maximum atomic E-state index is 12.6. The molecule has 1 aromatic heterocycles. The topological polar surface area (TPSA) is 88.3 Å². The first-order valence-electron chi connectivity index (χ1n) is 6.07. The van der Waals surface area contributed by atoms with E-state index in [0.29, 0.717) is 0 Å². The second-order valence-corrected chi connectivity index (χ2v) is 6.81. The van der Waals surface area contributed by atoms with Crippen molar-refractivity contribution in [1.29, 1.82) is 0 Å². The molecule has 1 aromatic carbocycles. The number of rotatable bonds is 5. The summed E-state index contributed by atoms with van der Waals surface area (Å²) < 4.78 is 26.4. The van der Waals surface area contributed by atoms with Gasteiger partial charge in [-0.3, -0.25) is 10.8 Å². The predicted molar refractivity (Wildman–Crippen MR) is 82.2 cm³/mol. The van der Waals surface area contributed by atoms with Crippen molar-refractivity contribution in [3.8, 4) is 0 Å². The Morgan fingerprint density at radius 1 is 1.29 bits per heavy atom. The van der Waals surface area contributed by atoms with Crippen LogP contribution in [0.25, 0.3) is 0 Å². The molecule has 0 aliphatic heterocycles. The Balaban J connectivity index is 2.36. The van der Waals surface area contributed by atoms with Crippen LogP contribution in [0.2, 0.25) is 5.02 Å². The number of hydrogen-bond acceptors (Lipinski definition) is 5. The summed E-state index contributed by atoms with van der Waals surface area (Å²) in [6.45, 7) is 0.236. The van der Waals surface area contributed by atoms with Crippen molar-refractivity contribution in [3.63, 3.8) is 0 Å². The van der Waals surface area contributed by atoms with E-state index in [4.69, 9.17) is 17.4 Å². The number of halogens is 1. The first-order chi connectivity index (χ1) is 9.96. The molecule has 3 N–H and O–H groups in total. The molecule has 6 nitrogen and oxygen atoms in total. The zero-order valence-corrected chi connectivity index (χ0v) is 12.9. The van der Waals surface area contributed by atoms with Crippen molar-refractivity contribution in [2.24, 2.45) is 5.84 Å². The molecule has 0 bridgehead atoms. The van der Waals surface area contributed by atoms with Crippen LogP contribution in [0.1, 0.15) is 5.56 Å². The monoisotopic (exact) mass is 326 g/mol. The predicted octanol–water partition coefficient (Wildman–Crippen LogP) is 1.84. The summed E-state index contributed by atoms with van der Waals surface area (Å²) in [6, 6.07) is 9.28. The summed E-state index contributed by atoms with van der Waals surface area (Å²) in [5.74, 6) is 5.36. The highest BCUT2D eigenvalue weighted by molar-refractivity contribution is 7.89. The maximum absolute atomic E-state index is 12.6. The SMILES string of the molecule is CN(Cc1ccccc1)S(=O)(=O)c1cncc(Cl)c1NN. The highest BCUT2D eigenvalue weighted by Crippen LogP contribution is 2.29. The van der Waals surface area contributed by atoms with E-state index < -0.39 is 10.0 Å². The second kappa shape index (κ2) is 6.40. The fraction of sp³-hybridized carbons (Fsp3) is 0.154. The van der Waals surface area contributed by atoms with Crippen LogP contribution in [-0.4, -0.2) is 24.8 Å². The fourth-order valence-corrected chi connectivity index (χ4v) is 3.39. The van der Waals surface area contributed by atoms with E-state index in [-0.39, 0.29) is 22.2 Å². The minimum atomic E-state index is -3.76. The zero-order valence-electron chi connectivity index (χ0n) is 11.3. The number of sulfonamides is 1. The molecule has 2 rings (SSSR count). The van der Waals surface area contributed by atoms with Crippen molar-refractivity contribution in [1.82, 2.24) is 9.29 Å². The first kappa shape index (κ1) is 15.7. The number of nitrogens with zero attached hydrogens (tertiary/aromatic N) is 2. The number of nitrogen functional groups attached to an aromatic ring is 1. The van der Waals surface area contributed by atoms with Crippen LogP contribution in [0.4, 0.5) is 5.69 Å². The van der Waals surface area contributed by atoms with Gasteiger partial charge in [0, 0.05) is 26.0 Å². The normalized spacial score (nSPS) is 11.6. The quantitative estimate of drug-likeness (QED) is 0.646. The molecule has 2 aromatic rings. The standard InChI is InChI=1S/C13H15ClN4O2S/c1-18(9-10-5-3-2-4-6-10)21(19,20)12-8-16-7-11(14)13(12)17-15/h2-8H,9,15H2,1H3,(H,16,17). The van der Waals surface area contributed by atoms with Crippen molar-refractivity contribution in [3.05, 3.63) is 53.3 Å². The molecule has 0 aliphatic carbocycles. The van der Waals surface area contributed by atoms with Crippen LogP contribution in [-0.2, 0) is 16.6 Å². The molecule has 112 valence electrons. The van der Waals surface area contributed by atoms with E-state index in [1.165, 1.54) is 23.7 Å². The first-order valence-corrected chi connectivity index (χ1v) is 7.89. The van der Waals surface area contributed by atoms with Crippen molar-refractivity contribution in [2.45, 2.75) is 11.4 Å². The minimum absolute atomic E-state index is 0.0593. The lowest BCUT2D eigenvalue weighted by molar-refractivity contribution is 0.466. The summed E-state index contributed by atoms with van der Waals surface area (Å²) in [7, 11) is -2.27. The van der Waals surface area contributed by atoms with Gasteiger partial charge in [-0.15, -0.1) is 0 Å². The maximum Gasteiger partial charge on any atom is 0.246 e. The molecule has 1 heterocycles. The lowest BCUT2D eigenvalue weighted by atomic mass is 10.2. The highest BCUT2D eigenvalue weighted by atomic mass is 35.5. The molecule has 0 atom stereocenters. The number of hydrogen-bond donors (Lipinski definition) is 2. The van der Waals surface area contributed by atoms with Crippen LogP contribution in [0.15, 0.2) is 47.6 Å². The van der Waals surface area contributed by atoms with Gasteiger partial charge in [-0.1, -0.05) is 41.9 Å². The molecule has 0 unspecified atom stereocenters. The zero-order chi connectivity index (χ0) is 15.5. The number of aromatic nitrogens is 1. The molecule has 21 heavy (non-hydrogen) atoms. The molecule has 0 amide bonds. The van der Waals surface area contributed by atoms with Gasteiger partial charge in [0.2, 0.25) is 10.0 Å². The van der Waals surface area contributed by atoms with E-state index >= 15 is 0 Å². The Bertz CT molecular complexity index is 722. The van der Waals surface area contributed by atoms with Crippen LogP contribution in [0.5, 0.6) is 0 Å². The van der Waals surface area contributed by atoms with Gasteiger partial charge in [-0.2, -0.15) is 4.31 Å². The molecule has 0 saturated carbocycles. The van der Waals surface area contributed by atoms with E-state index in [1.807, 2.05) is 30.3 Å². The van der Waals surface area contributed by atoms with Gasteiger partial charge in [-0.05, 0) is 5.56 Å². The Morgan fingerprint density at radius 3 is 2.57 bits per heavy atom. The minimum Gasteiger partial charge on any atom is -0.321 e. The van der Waals surface area contributed by atoms with E-state index in [1.54, 1.807) is 0 Å². The van der Waals surface area contributed by atoms with Gasteiger partial charge < -0.3 is 5.43 Å². The molecule has 0 aliphatic rings. The summed E-state index contributed by atoms with van der Waals surface area (Å²) in [4.78, 5) is 3.76. The average Bonchev–Trinajstić information content (AvgIpc) is 2.48. The average molecular weight is 327 g/mol. The molecule has 8 heteroatoms. The number of benzene rings is 1. The smallest absolute Gasteiger partial charge is 0.246 e. The van der Waals surface area contributed by atoms with E-state index in [2.05, 4.69) is 10.4 Å². The molecule has 0 spiro atoms. The molecule has 0 radical (unpaired) electrons. The third kappa shape index (κ3) is 3.33. The van der Waals surface area contributed by atoms with Crippen molar-refractivity contribution < 1.29 is 8.42 Å². The fourth-order valence-electron chi connectivity index (χ4n) is 1.85. The van der Waals surface area contributed by atoms with E-state index in [0.717, 1.165) is 5.56 Å². The molecule has 0 fully saturated rings. The Labute approximate surface area is 128 Å². The van der Waals surface area contributed by atoms with E-state index in [9.17, 15) is 8.42 Å². The lowest BCUT2D eigenvalue weighted by Crippen LogP contribution is -2.28. The van der Waals surface area contributed by atoms with Crippen molar-refractivity contribution >= 4 is 27.3 Å². The number of nitrogens with two attached hydrogens (primary N) is 1. The summed E-state index contributed by atoms with van der Waals surface area (Å²) in [5, 5.41) is 0.145. The van der Waals surface area contributed by atoms with Gasteiger partial charge in [0.25, 0.3) is 0 Å². The molecule has 0 saturated heterocycles. The van der Waals surface area contributed by atoms with Gasteiger partial charge >= 0.3 is 0 Å². The van der Waals surface area contributed by atoms with Gasteiger partial charge in [0.05, 0.1) is 10.7 Å². The summed E-state index contributed by atoms with van der Waals surface area (Å²) >= 11 is 5.91. The van der Waals surface area contributed by atoms with Crippen LogP contribution < -0.4 is 11.3 Å². The van der Waals surface area contributed by atoms with Crippen molar-refractivity contribution in [2.75, 3.05) is 12.5 Å². The largest absolute Gasteiger partial charge is 0.321 e. The van der Waals surface area contributed by atoms with Crippen LogP contribution in [0, 0.1) is 0 Å². The lowest BCUT2D eigenvalue weighted by Gasteiger charge is -2.19. The second-order valence-electron chi connectivity index (χ2n) is 4.39.